The number of benzene rings is 1. The minimum absolute atomic E-state index is 0.0242. The predicted octanol–water partition coefficient (Wildman–Crippen LogP) is 1.69. The molecule has 1 N–H and O–H groups in total. The first kappa shape index (κ1) is 16.3. The number of carbonyl (C=O) groups excluding carboxylic acids is 1. The van der Waals surface area contributed by atoms with Crippen molar-refractivity contribution in [3.05, 3.63) is 57.4 Å². The van der Waals surface area contributed by atoms with Gasteiger partial charge in [-0.15, -0.1) is 0 Å². The Morgan fingerprint density at radius 3 is 2.65 bits per heavy atom. The first-order chi connectivity index (χ1) is 10.9. The Bertz CT molecular complexity index is 746. The third-order valence-corrected chi connectivity index (χ3v) is 3.07. The third-order valence-electron chi connectivity index (χ3n) is 3.07. The summed E-state index contributed by atoms with van der Waals surface area (Å²) in [6.45, 7) is 2.00. The lowest BCUT2D eigenvalue weighted by molar-refractivity contribution is -0.385. The summed E-state index contributed by atoms with van der Waals surface area (Å²) in [7, 11) is 3.65. The molecular weight excluding hydrogens is 298 g/mol. The van der Waals surface area contributed by atoms with Gasteiger partial charge in [-0.3, -0.25) is 14.9 Å². The largest absolute Gasteiger partial charge is 0.347 e. The van der Waals surface area contributed by atoms with E-state index >= 15 is 0 Å². The van der Waals surface area contributed by atoms with Crippen LogP contribution in [0.1, 0.15) is 21.7 Å². The van der Waals surface area contributed by atoms with Gasteiger partial charge in [0.25, 0.3) is 11.6 Å². The molecule has 0 radical (unpaired) electrons. The minimum Gasteiger partial charge on any atom is -0.347 e. The number of anilines is 1. The molecule has 0 saturated carbocycles. The smallest absolute Gasteiger partial charge is 0.282 e. The maximum Gasteiger partial charge on any atom is 0.282 e. The van der Waals surface area contributed by atoms with Crippen molar-refractivity contribution in [1.29, 1.82) is 0 Å². The molecule has 0 aliphatic heterocycles. The lowest BCUT2D eigenvalue weighted by atomic mass is 10.1. The Kier molecular flexibility index (Phi) is 4.85. The SMILES string of the molecule is Cc1cc(CNC(=O)c2ccccc2[N+](=O)[O-])nc(N(C)C)n1. The predicted molar refractivity (Wildman–Crippen MR) is 85.4 cm³/mol. The zero-order chi connectivity index (χ0) is 17.0. The summed E-state index contributed by atoms with van der Waals surface area (Å²) >= 11 is 0. The molecule has 120 valence electrons. The van der Waals surface area contributed by atoms with E-state index in [2.05, 4.69) is 15.3 Å². The van der Waals surface area contributed by atoms with Crippen LogP contribution in [-0.4, -0.2) is 34.9 Å². The summed E-state index contributed by atoms with van der Waals surface area (Å²) in [4.78, 5) is 32.9. The highest BCUT2D eigenvalue weighted by molar-refractivity contribution is 5.98. The van der Waals surface area contributed by atoms with E-state index in [0.29, 0.717) is 11.6 Å². The van der Waals surface area contributed by atoms with Gasteiger partial charge in [0, 0.05) is 25.9 Å². The van der Waals surface area contributed by atoms with Crippen molar-refractivity contribution >= 4 is 17.5 Å². The van der Waals surface area contributed by atoms with Crippen molar-refractivity contribution in [2.45, 2.75) is 13.5 Å². The molecule has 8 heteroatoms. The number of rotatable bonds is 5. The fourth-order valence-electron chi connectivity index (χ4n) is 2.00. The number of nitro benzene ring substituents is 1. The number of carbonyl (C=O) groups is 1. The highest BCUT2D eigenvalue weighted by atomic mass is 16.6. The Balaban J connectivity index is 2.15. The molecule has 23 heavy (non-hydrogen) atoms. The molecular formula is C15H17N5O3. The van der Waals surface area contributed by atoms with Crippen molar-refractivity contribution in [1.82, 2.24) is 15.3 Å². The molecule has 0 unspecified atom stereocenters. The molecule has 0 aliphatic rings. The average molecular weight is 315 g/mol. The molecule has 0 fully saturated rings. The van der Waals surface area contributed by atoms with Crippen molar-refractivity contribution in [2.75, 3.05) is 19.0 Å². The van der Waals surface area contributed by atoms with Gasteiger partial charge in [-0.2, -0.15) is 0 Å². The second-order valence-electron chi connectivity index (χ2n) is 5.15. The van der Waals surface area contributed by atoms with Crippen LogP contribution in [0.3, 0.4) is 0 Å². The Morgan fingerprint density at radius 2 is 2.00 bits per heavy atom. The molecule has 1 aromatic heterocycles. The number of aromatic nitrogens is 2. The lowest BCUT2D eigenvalue weighted by Gasteiger charge is -2.12. The number of amides is 1. The number of hydrogen-bond donors (Lipinski definition) is 1. The van der Waals surface area contributed by atoms with Gasteiger partial charge in [0.15, 0.2) is 0 Å². The monoisotopic (exact) mass is 315 g/mol. The van der Waals surface area contributed by atoms with Gasteiger partial charge < -0.3 is 10.2 Å². The molecule has 0 saturated heterocycles. The second-order valence-corrected chi connectivity index (χ2v) is 5.15. The first-order valence-corrected chi connectivity index (χ1v) is 6.92. The maximum absolute atomic E-state index is 12.2. The van der Waals surface area contributed by atoms with Crippen LogP contribution >= 0.6 is 0 Å². The lowest BCUT2D eigenvalue weighted by Crippen LogP contribution is -2.25. The van der Waals surface area contributed by atoms with Gasteiger partial charge in [-0.1, -0.05) is 12.1 Å². The number of nitro groups is 1. The number of nitrogens with zero attached hydrogens (tertiary/aromatic N) is 4. The van der Waals surface area contributed by atoms with Crippen LogP contribution in [0, 0.1) is 17.0 Å². The van der Waals surface area contributed by atoms with Crippen LogP contribution in [0.5, 0.6) is 0 Å². The number of para-hydroxylation sites is 1. The van der Waals surface area contributed by atoms with E-state index in [-0.39, 0.29) is 17.8 Å². The maximum atomic E-state index is 12.2. The standard InChI is InChI=1S/C15H17N5O3/c1-10-8-11(18-15(17-10)19(2)3)9-16-14(21)12-6-4-5-7-13(12)20(22)23/h4-8H,9H2,1-3H3,(H,16,21). The van der Waals surface area contributed by atoms with Gasteiger partial charge in [0.05, 0.1) is 17.2 Å². The molecule has 8 nitrogen and oxygen atoms in total. The van der Waals surface area contributed by atoms with Crippen LogP contribution in [-0.2, 0) is 6.54 Å². The Hall–Kier alpha value is -3.03. The highest BCUT2D eigenvalue weighted by Crippen LogP contribution is 2.17. The van der Waals surface area contributed by atoms with Gasteiger partial charge >= 0.3 is 0 Å². The molecule has 0 atom stereocenters. The summed E-state index contributed by atoms with van der Waals surface area (Å²) in [5.41, 5.74) is 1.21. The van der Waals surface area contributed by atoms with E-state index in [4.69, 9.17) is 0 Å². The van der Waals surface area contributed by atoms with Crippen molar-refractivity contribution in [3.63, 3.8) is 0 Å². The van der Waals surface area contributed by atoms with Crippen molar-refractivity contribution in [2.24, 2.45) is 0 Å². The van der Waals surface area contributed by atoms with E-state index in [9.17, 15) is 14.9 Å². The van der Waals surface area contributed by atoms with E-state index in [1.165, 1.54) is 18.2 Å². The number of hydrogen-bond acceptors (Lipinski definition) is 6. The zero-order valence-electron chi connectivity index (χ0n) is 13.1. The van der Waals surface area contributed by atoms with E-state index < -0.39 is 10.8 Å². The van der Waals surface area contributed by atoms with Crippen molar-refractivity contribution in [3.8, 4) is 0 Å². The van der Waals surface area contributed by atoms with Gasteiger partial charge in [-0.05, 0) is 19.1 Å². The van der Waals surface area contributed by atoms with Crippen LogP contribution < -0.4 is 10.2 Å². The van der Waals surface area contributed by atoms with Gasteiger partial charge in [0.1, 0.15) is 5.56 Å². The zero-order valence-corrected chi connectivity index (χ0v) is 13.1. The molecule has 0 bridgehead atoms. The first-order valence-electron chi connectivity index (χ1n) is 6.92. The van der Waals surface area contributed by atoms with Crippen LogP contribution in [0.2, 0.25) is 0 Å². The molecule has 0 spiro atoms. The average Bonchev–Trinajstić information content (AvgIpc) is 2.52. The Labute approximate surface area is 133 Å². The summed E-state index contributed by atoms with van der Waals surface area (Å²) in [6, 6.07) is 7.58. The second kappa shape index (κ2) is 6.82. The number of aryl methyl sites for hydroxylation is 1. The fraction of sp³-hybridized carbons (Fsp3) is 0.267. The van der Waals surface area contributed by atoms with E-state index in [0.717, 1.165) is 5.69 Å². The molecule has 0 aliphatic carbocycles. The van der Waals surface area contributed by atoms with Crippen LogP contribution in [0.15, 0.2) is 30.3 Å². The highest BCUT2D eigenvalue weighted by Gasteiger charge is 2.19. The molecule has 1 heterocycles. The van der Waals surface area contributed by atoms with Crippen LogP contribution in [0.25, 0.3) is 0 Å². The van der Waals surface area contributed by atoms with E-state index in [1.54, 1.807) is 17.0 Å². The fourth-order valence-corrected chi connectivity index (χ4v) is 2.00. The van der Waals surface area contributed by atoms with Crippen molar-refractivity contribution < 1.29 is 9.72 Å². The van der Waals surface area contributed by atoms with E-state index in [1.807, 2.05) is 21.0 Å². The third kappa shape index (κ3) is 4.00. The molecule has 1 aromatic carbocycles. The molecule has 2 aromatic rings. The summed E-state index contributed by atoms with van der Waals surface area (Å²) in [5, 5.41) is 13.6. The topological polar surface area (TPSA) is 101 Å². The summed E-state index contributed by atoms with van der Waals surface area (Å²) in [6.07, 6.45) is 0. The molecule has 1 amide bonds. The van der Waals surface area contributed by atoms with Gasteiger partial charge in [-0.25, -0.2) is 9.97 Å². The van der Waals surface area contributed by atoms with Gasteiger partial charge in [0.2, 0.25) is 5.95 Å². The number of nitrogens with one attached hydrogen (secondary N) is 1. The normalized spacial score (nSPS) is 10.2. The minimum atomic E-state index is -0.575. The van der Waals surface area contributed by atoms with Crippen LogP contribution in [0.4, 0.5) is 11.6 Å². The summed E-state index contributed by atoms with van der Waals surface area (Å²) in [5.74, 6) is 0.0277. The summed E-state index contributed by atoms with van der Waals surface area (Å²) < 4.78 is 0. The Morgan fingerprint density at radius 1 is 1.30 bits per heavy atom. The quantitative estimate of drug-likeness (QED) is 0.665. The molecule has 2 rings (SSSR count).